The van der Waals surface area contributed by atoms with Crippen molar-refractivity contribution in [2.45, 2.75) is 12.8 Å². The van der Waals surface area contributed by atoms with Gasteiger partial charge in [-0.2, -0.15) is 0 Å². The van der Waals surface area contributed by atoms with Crippen LogP contribution in [0.4, 0.5) is 11.4 Å². The van der Waals surface area contributed by atoms with E-state index in [1.807, 2.05) is 12.1 Å². The maximum absolute atomic E-state index is 11.0. The molecule has 2 N–H and O–H groups in total. The van der Waals surface area contributed by atoms with E-state index in [0.717, 1.165) is 5.69 Å². The van der Waals surface area contributed by atoms with Crippen molar-refractivity contribution in [2.24, 2.45) is 0 Å². The Hall–Kier alpha value is -1.71. The number of aliphatic carboxylic acids is 1. The summed E-state index contributed by atoms with van der Waals surface area (Å²) in [5.41, 5.74) is 2.19. The Morgan fingerprint density at radius 3 is 2.40 bits per heavy atom. The topological polar surface area (TPSA) is 49.3 Å². The highest BCUT2D eigenvalue weighted by Gasteiger charge is 2.15. The fourth-order valence-corrected chi connectivity index (χ4v) is 2.03. The van der Waals surface area contributed by atoms with Gasteiger partial charge in [-0.1, -0.05) is 29.3 Å². The highest BCUT2D eigenvalue weighted by atomic mass is 35.5. The lowest BCUT2D eigenvalue weighted by Gasteiger charge is -2.12. The average molecular weight is 310 g/mol. The quantitative estimate of drug-likeness (QED) is 0.842. The van der Waals surface area contributed by atoms with Crippen LogP contribution in [0, 0.1) is 0 Å². The van der Waals surface area contributed by atoms with Crippen LogP contribution >= 0.6 is 23.2 Å². The van der Waals surface area contributed by atoms with Gasteiger partial charge in [0.15, 0.2) is 0 Å². The van der Waals surface area contributed by atoms with Gasteiger partial charge in [0.2, 0.25) is 0 Å². The van der Waals surface area contributed by atoms with Crippen LogP contribution in [0.1, 0.15) is 18.4 Å². The van der Waals surface area contributed by atoms with Crippen molar-refractivity contribution >= 4 is 40.5 Å². The number of nitrogens with one attached hydrogen (secondary N) is 1. The Bertz CT molecular complexity index is 626. The van der Waals surface area contributed by atoms with Crippen molar-refractivity contribution in [1.29, 1.82) is 0 Å². The highest BCUT2D eigenvalue weighted by molar-refractivity contribution is 6.33. The summed E-state index contributed by atoms with van der Waals surface area (Å²) in [6.07, 6.45) is 0. The Morgan fingerprint density at radius 1 is 1.15 bits per heavy atom. The van der Waals surface area contributed by atoms with Gasteiger partial charge < -0.3 is 10.4 Å². The van der Waals surface area contributed by atoms with E-state index in [4.69, 9.17) is 28.3 Å². The van der Waals surface area contributed by atoms with Crippen LogP contribution in [0.25, 0.3) is 0 Å². The first-order chi connectivity index (χ1) is 9.47. The number of halogens is 2. The zero-order valence-corrected chi connectivity index (χ0v) is 12.2. The summed E-state index contributed by atoms with van der Waals surface area (Å²) in [7, 11) is 0. The van der Waals surface area contributed by atoms with Crippen LogP contribution in [0.15, 0.2) is 42.5 Å². The molecule has 0 amide bonds. The molecule has 0 spiro atoms. The van der Waals surface area contributed by atoms with Crippen molar-refractivity contribution in [3.8, 4) is 0 Å². The van der Waals surface area contributed by atoms with Gasteiger partial charge in [-0.25, -0.2) is 0 Å². The molecule has 0 aliphatic carbocycles. The zero-order valence-electron chi connectivity index (χ0n) is 10.7. The molecule has 1 atom stereocenters. The number of hydrogen-bond donors (Lipinski definition) is 2. The minimum atomic E-state index is -0.871. The van der Waals surface area contributed by atoms with Gasteiger partial charge in [0.25, 0.3) is 0 Å². The van der Waals surface area contributed by atoms with Crippen molar-refractivity contribution in [1.82, 2.24) is 0 Å². The number of benzene rings is 2. The molecule has 0 saturated carbocycles. The van der Waals surface area contributed by atoms with Crippen LogP contribution in [-0.4, -0.2) is 11.1 Å². The summed E-state index contributed by atoms with van der Waals surface area (Å²) in [6.45, 7) is 1.64. The van der Waals surface area contributed by atoms with Crippen LogP contribution in [-0.2, 0) is 4.79 Å². The summed E-state index contributed by atoms with van der Waals surface area (Å²) in [5.74, 6) is -1.46. The number of carboxylic acids is 1. The van der Waals surface area contributed by atoms with Gasteiger partial charge >= 0.3 is 5.97 Å². The largest absolute Gasteiger partial charge is 0.481 e. The summed E-state index contributed by atoms with van der Waals surface area (Å²) >= 11 is 12.0. The smallest absolute Gasteiger partial charge is 0.310 e. The molecule has 20 heavy (non-hydrogen) atoms. The van der Waals surface area contributed by atoms with E-state index in [-0.39, 0.29) is 0 Å². The molecular formula is C15H13Cl2NO2. The molecule has 0 radical (unpaired) electrons. The third-order valence-corrected chi connectivity index (χ3v) is 3.57. The van der Waals surface area contributed by atoms with E-state index in [9.17, 15) is 4.79 Å². The zero-order chi connectivity index (χ0) is 14.7. The molecule has 2 rings (SSSR count). The Labute approximate surface area is 127 Å². The number of anilines is 2. The predicted molar refractivity (Wildman–Crippen MR) is 82.2 cm³/mol. The minimum Gasteiger partial charge on any atom is -0.481 e. The normalized spacial score (nSPS) is 11.9. The molecule has 0 aliphatic heterocycles. The van der Waals surface area contributed by atoms with Crippen LogP contribution in [0.2, 0.25) is 10.0 Å². The van der Waals surface area contributed by atoms with Crippen molar-refractivity contribution in [2.75, 3.05) is 5.32 Å². The summed E-state index contributed by atoms with van der Waals surface area (Å²) in [4.78, 5) is 11.0. The number of carbonyl (C=O) groups is 1. The van der Waals surface area contributed by atoms with Gasteiger partial charge in [0.1, 0.15) is 0 Å². The van der Waals surface area contributed by atoms with E-state index in [2.05, 4.69) is 5.32 Å². The molecule has 0 heterocycles. The van der Waals surface area contributed by atoms with Crippen LogP contribution in [0.5, 0.6) is 0 Å². The van der Waals surface area contributed by atoms with E-state index in [0.29, 0.717) is 21.3 Å². The first-order valence-electron chi connectivity index (χ1n) is 6.02. The molecule has 3 nitrogen and oxygen atoms in total. The van der Waals surface area contributed by atoms with Crippen LogP contribution < -0.4 is 5.32 Å². The van der Waals surface area contributed by atoms with E-state index < -0.39 is 11.9 Å². The fourth-order valence-electron chi connectivity index (χ4n) is 1.74. The second kappa shape index (κ2) is 6.16. The van der Waals surface area contributed by atoms with Gasteiger partial charge in [-0.3, -0.25) is 4.79 Å². The standard InChI is InChI=1S/C15H13Cl2NO2/c1-9(15(19)20)10-2-7-13(17)14(8-10)18-12-5-3-11(16)4-6-12/h2-9,18H,1H3,(H,19,20). The Balaban J connectivity index is 2.29. The highest BCUT2D eigenvalue weighted by Crippen LogP contribution is 2.29. The van der Waals surface area contributed by atoms with E-state index in [1.165, 1.54) is 0 Å². The molecule has 2 aromatic rings. The second-order valence-electron chi connectivity index (χ2n) is 4.43. The second-order valence-corrected chi connectivity index (χ2v) is 5.27. The lowest BCUT2D eigenvalue weighted by Crippen LogP contribution is -2.07. The van der Waals surface area contributed by atoms with Crippen molar-refractivity contribution in [3.63, 3.8) is 0 Å². The molecule has 0 aliphatic rings. The molecule has 2 aromatic carbocycles. The molecule has 0 aromatic heterocycles. The van der Waals surface area contributed by atoms with Gasteiger partial charge in [-0.05, 0) is 48.9 Å². The molecule has 5 heteroatoms. The van der Waals surface area contributed by atoms with Gasteiger partial charge in [-0.15, -0.1) is 0 Å². The number of rotatable bonds is 4. The SMILES string of the molecule is CC(C(=O)O)c1ccc(Cl)c(Nc2ccc(Cl)cc2)c1. The van der Waals surface area contributed by atoms with Crippen molar-refractivity contribution < 1.29 is 9.90 Å². The van der Waals surface area contributed by atoms with Gasteiger partial charge in [0.05, 0.1) is 16.6 Å². The summed E-state index contributed by atoms with van der Waals surface area (Å²) < 4.78 is 0. The molecule has 0 fully saturated rings. The molecule has 0 saturated heterocycles. The van der Waals surface area contributed by atoms with E-state index >= 15 is 0 Å². The van der Waals surface area contributed by atoms with E-state index in [1.54, 1.807) is 37.3 Å². The third-order valence-electron chi connectivity index (χ3n) is 2.98. The maximum atomic E-state index is 11.0. The third kappa shape index (κ3) is 3.44. The average Bonchev–Trinajstić information content (AvgIpc) is 2.43. The predicted octanol–water partition coefficient (Wildman–Crippen LogP) is 4.93. The first-order valence-corrected chi connectivity index (χ1v) is 6.78. The Kier molecular flexibility index (Phi) is 4.53. The molecule has 1 unspecified atom stereocenters. The van der Waals surface area contributed by atoms with Crippen LogP contribution in [0.3, 0.4) is 0 Å². The van der Waals surface area contributed by atoms with Gasteiger partial charge in [0, 0.05) is 10.7 Å². The molecule has 104 valence electrons. The lowest BCUT2D eigenvalue weighted by molar-refractivity contribution is -0.138. The molecular weight excluding hydrogens is 297 g/mol. The lowest BCUT2D eigenvalue weighted by atomic mass is 10.0. The summed E-state index contributed by atoms with van der Waals surface area (Å²) in [5, 5.41) is 13.4. The first kappa shape index (κ1) is 14.7. The summed E-state index contributed by atoms with van der Waals surface area (Å²) in [6, 6.07) is 12.3. The maximum Gasteiger partial charge on any atom is 0.310 e. The number of carboxylic acid groups (broad SMARTS) is 1. The monoisotopic (exact) mass is 309 g/mol. The van der Waals surface area contributed by atoms with Crippen molar-refractivity contribution in [3.05, 3.63) is 58.1 Å². The fraction of sp³-hybridized carbons (Fsp3) is 0.133. The number of hydrogen-bond acceptors (Lipinski definition) is 2. The Morgan fingerprint density at radius 2 is 1.80 bits per heavy atom. The minimum absolute atomic E-state index is 0.529. The molecule has 0 bridgehead atoms.